The van der Waals surface area contributed by atoms with E-state index in [1.165, 1.54) is 0 Å². The Balaban J connectivity index is 2.03. The van der Waals surface area contributed by atoms with Gasteiger partial charge in [0.1, 0.15) is 0 Å². The molecule has 0 aliphatic carbocycles. The number of hydrogen-bond donors (Lipinski definition) is 1. The molecule has 0 atom stereocenters. The van der Waals surface area contributed by atoms with Gasteiger partial charge in [0, 0.05) is 11.6 Å². The zero-order chi connectivity index (χ0) is 13.2. The topological polar surface area (TPSA) is 37.8 Å². The Bertz CT molecular complexity index is 541. The minimum absolute atomic E-state index is 0.113. The molecule has 0 spiro atoms. The average Bonchev–Trinajstić information content (AvgIpc) is 2.76. The summed E-state index contributed by atoms with van der Waals surface area (Å²) in [6.07, 6.45) is -4.46. The van der Waals surface area contributed by atoms with E-state index in [0.29, 0.717) is 22.9 Å². The molecule has 0 bridgehead atoms. The highest BCUT2D eigenvalue weighted by Crippen LogP contribution is 2.33. The summed E-state index contributed by atoms with van der Waals surface area (Å²) >= 11 is 6.38. The van der Waals surface area contributed by atoms with Crippen molar-refractivity contribution in [1.29, 1.82) is 0 Å². The summed E-state index contributed by atoms with van der Waals surface area (Å²) in [5.74, 6) is 0. The van der Waals surface area contributed by atoms with Gasteiger partial charge in [-0.25, -0.2) is 0 Å². The summed E-state index contributed by atoms with van der Waals surface area (Å²) < 4.78 is 36.9. The minimum Gasteiger partial charge on any atom is -0.356 e. The summed E-state index contributed by atoms with van der Waals surface area (Å²) in [5, 5.41) is 8.94. The van der Waals surface area contributed by atoms with Crippen LogP contribution in [0.5, 0.6) is 0 Å². The van der Waals surface area contributed by atoms with Gasteiger partial charge in [-0.2, -0.15) is 13.2 Å². The average molecular weight is 294 g/mol. The van der Waals surface area contributed by atoms with Crippen LogP contribution in [-0.2, 0) is 12.7 Å². The monoisotopic (exact) mass is 293 g/mol. The standard InChI is InChI=1S/C10H7ClF3N3S/c11-7-4-2-1-3-6(7)5-15-9-17-16-8(18-9)10(12,13)14/h1-4H,5H2,(H,15,17). The maximum atomic E-state index is 12.3. The third-order valence-electron chi connectivity index (χ3n) is 2.06. The SMILES string of the molecule is FC(F)(F)c1nnc(NCc2ccccc2Cl)s1. The molecule has 2 aromatic rings. The number of rotatable bonds is 3. The van der Waals surface area contributed by atoms with Crippen molar-refractivity contribution in [3.8, 4) is 0 Å². The number of anilines is 1. The van der Waals surface area contributed by atoms with Crippen LogP contribution in [0.4, 0.5) is 18.3 Å². The first kappa shape index (κ1) is 13.1. The molecule has 3 nitrogen and oxygen atoms in total. The molecule has 8 heteroatoms. The molecular formula is C10H7ClF3N3S. The number of aromatic nitrogens is 2. The molecule has 0 amide bonds. The highest BCUT2D eigenvalue weighted by atomic mass is 35.5. The highest BCUT2D eigenvalue weighted by Gasteiger charge is 2.35. The minimum atomic E-state index is -4.46. The molecule has 0 fully saturated rings. The van der Waals surface area contributed by atoms with Crippen molar-refractivity contribution in [1.82, 2.24) is 10.2 Å². The van der Waals surface area contributed by atoms with Crippen LogP contribution in [-0.4, -0.2) is 10.2 Å². The maximum Gasteiger partial charge on any atom is 0.445 e. The Labute approximate surface area is 110 Å². The lowest BCUT2D eigenvalue weighted by atomic mass is 10.2. The Morgan fingerprint density at radius 3 is 2.56 bits per heavy atom. The van der Waals surface area contributed by atoms with Crippen LogP contribution >= 0.6 is 22.9 Å². The molecule has 18 heavy (non-hydrogen) atoms. The van der Waals surface area contributed by atoms with Crippen LogP contribution in [0.3, 0.4) is 0 Å². The first-order valence-electron chi connectivity index (χ1n) is 4.85. The van der Waals surface area contributed by atoms with E-state index < -0.39 is 11.2 Å². The Kier molecular flexibility index (Phi) is 3.72. The van der Waals surface area contributed by atoms with Crippen molar-refractivity contribution in [2.75, 3.05) is 5.32 Å². The van der Waals surface area contributed by atoms with E-state index in [1.807, 2.05) is 0 Å². The summed E-state index contributed by atoms with van der Waals surface area (Å²) in [6.45, 7) is 0.298. The second kappa shape index (κ2) is 5.11. The van der Waals surface area contributed by atoms with Gasteiger partial charge in [-0.05, 0) is 11.6 Å². The van der Waals surface area contributed by atoms with Crippen molar-refractivity contribution in [2.45, 2.75) is 12.7 Å². The van der Waals surface area contributed by atoms with Gasteiger partial charge in [0.2, 0.25) is 10.1 Å². The van der Waals surface area contributed by atoms with Crippen molar-refractivity contribution in [3.63, 3.8) is 0 Å². The number of alkyl halides is 3. The molecule has 1 heterocycles. The van der Waals surface area contributed by atoms with Crippen LogP contribution in [0.15, 0.2) is 24.3 Å². The van der Waals surface area contributed by atoms with Crippen molar-refractivity contribution in [3.05, 3.63) is 39.9 Å². The van der Waals surface area contributed by atoms with E-state index in [-0.39, 0.29) is 5.13 Å². The zero-order valence-electron chi connectivity index (χ0n) is 8.83. The first-order valence-corrected chi connectivity index (χ1v) is 6.04. The predicted octanol–water partition coefficient (Wildman–Crippen LogP) is 3.82. The molecular weight excluding hydrogens is 287 g/mol. The number of nitrogens with zero attached hydrogens (tertiary/aromatic N) is 2. The smallest absolute Gasteiger partial charge is 0.356 e. The first-order chi connectivity index (χ1) is 8.47. The van der Waals surface area contributed by atoms with Gasteiger partial charge in [0.05, 0.1) is 0 Å². The molecule has 0 saturated heterocycles. The molecule has 0 aliphatic heterocycles. The van der Waals surface area contributed by atoms with Gasteiger partial charge in [-0.1, -0.05) is 41.1 Å². The number of benzene rings is 1. The molecule has 0 radical (unpaired) electrons. The van der Waals surface area contributed by atoms with Crippen molar-refractivity contribution in [2.24, 2.45) is 0 Å². The van der Waals surface area contributed by atoms with E-state index in [0.717, 1.165) is 5.56 Å². The van der Waals surface area contributed by atoms with Crippen molar-refractivity contribution < 1.29 is 13.2 Å². The quantitative estimate of drug-likeness (QED) is 0.935. The van der Waals surface area contributed by atoms with Crippen LogP contribution in [0.2, 0.25) is 5.02 Å². The van der Waals surface area contributed by atoms with Crippen LogP contribution < -0.4 is 5.32 Å². The van der Waals surface area contributed by atoms with Crippen molar-refractivity contribution >= 4 is 28.1 Å². The van der Waals surface area contributed by atoms with Gasteiger partial charge in [-0.15, -0.1) is 10.2 Å². The van der Waals surface area contributed by atoms with E-state index in [1.54, 1.807) is 24.3 Å². The largest absolute Gasteiger partial charge is 0.445 e. The Hall–Kier alpha value is -1.34. The Morgan fingerprint density at radius 2 is 1.94 bits per heavy atom. The second-order valence-electron chi connectivity index (χ2n) is 3.36. The lowest BCUT2D eigenvalue weighted by molar-refractivity contribution is -0.138. The summed E-state index contributed by atoms with van der Waals surface area (Å²) in [5.41, 5.74) is 0.780. The van der Waals surface area contributed by atoms with Gasteiger partial charge < -0.3 is 5.32 Å². The number of nitrogens with one attached hydrogen (secondary N) is 1. The fourth-order valence-electron chi connectivity index (χ4n) is 1.22. The summed E-state index contributed by atoms with van der Waals surface area (Å²) in [4.78, 5) is 0. The number of halogens is 4. The molecule has 0 unspecified atom stereocenters. The third kappa shape index (κ3) is 3.11. The van der Waals surface area contributed by atoms with E-state index in [2.05, 4.69) is 15.5 Å². The second-order valence-corrected chi connectivity index (χ2v) is 4.74. The van der Waals surface area contributed by atoms with Gasteiger partial charge in [-0.3, -0.25) is 0 Å². The van der Waals surface area contributed by atoms with E-state index in [9.17, 15) is 13.2 Å². The molecule has 0 aliphatic rings. The summed E-state index contributed by atoms with van der Waals surface area (Å²) in [6, 6.07) is 7.06. The van der Waals surface area contributed by atoms with E-state index >= 15 is 0 Å². The molecule has 1 aromatic carbocycles. The van der Waals surface area contributed by atoms with Crippen LogP contribution in [0.1, 0.15) is 10.6 Å². The molecule has 1 N–H and O–H groups in total. The predicted molar refractivity (Wildman–Crippen MR) is 63.7 cm³/mol. The fourth-order valence-corrected chi connectivity index (χ4v) is 2.03. The normalized spacial score (nSPS) is 11.6. The number of hydrogen-bond acceptors (Lipinski definition) is 4. The maximum absolute atomic E-state index is 12.3. The molecule has 2 rings (SSSR count). The molecule has 1 aromatic heterocycles. The fraction of sp³-hybridized carbons (Fsp3) is 0.200. The van der Waals surface area contributed by atoms with Crippen LogP contribution in [0.25, 0.3) is 0 Å². The molecule has 96 valence electrons. The Morgan fingerprint density at radius 1 is 1.22 bits per heavy atom. The van der Waals surface area contributed by atoms with Gasteiger partial charge in [0.15, 0.2) is 0 Å². The van der Waals surface area contributed by atoms with Crippen LogP contribution in [0, 0.1) is 0 Å². The van der Waals surface area contributed by atoms with E-state index in [4.69, 9.17) is 11.6 Å². The van der Waals surface area contributed by atoms with Gasteiger partial charge in [0.25, 0.3) is 0 Å². The molecule has 0 saturated carbocycles. The summed E-state index contributed by atoms with van der Waals surface area (Å²) in [7, 11) is 0. The lowest BCUT2D eigenvalue weighted by Crippen LogP contribution is -2.03. The highest BCUT2D eigenvalue weighted by molar-refractivity contribution is 7.15. The van der Waals surface area contributed by atoms with Gasteiger partial charge >= 0.3 is 6.18 Å². The third-order valence-corrected chi connectivity index (χ3v) is 3.35. The zero-order valence-corrected chi connectivity index (χ0v) is 10.4. The lowest BCUT2D eigenvalue weighted by Gasteiger charge is -2.04.